The molecule has 0 atom stereocenters. The summed E-state index contributed by atoms with van der Waals surface area (Å²) in [7, 11) is 0. The van der Waals surface area contributed by atoms with Gasteiger partial charge in [0.05, 0.1) is 0 Å². The van der Waals surface area contributed by atoms with E-state index in [1.54, 1.807) is 0 Å². The van der Waals surface area contributed by atoms with Gasteiger partial charge >= 0.3 is 0 Å². The molecule has 3 rings (SSSR count). The summed E-state index contributed by atoms with van der Waals surface area (Å²) in [6.07, 6.45) is 3.82. The molecule has 7 heteroatoms. The van der Waals surface area contributed by atoms with Crippen molar-refractivity contribution in [3.63, 3.8) is 0 Å². The highest BCUT2D eigenvalue weighted by atomic mass is 19.2. The first kappa shape index (κ1) is 20.1. The summed E-state index contributed by atoms with van der Waals surface area (Å²) in [5.74, 6) is -2.74. The molecule has 0 N–H and O–H groups in total. The lowest BCUT2D eigenvalue weighted by atomic mass is 9.97. The number of rotatable bonds is 5. The average Bonchev–Trinajstić information content (AvgIpc) is 2.68. The fourth-order valence-electron chi connectivity index (χ4n) is 4.13. The van der Waals surface area contributed by atoms with Crippen molar-refractivity contribution in [2.75, 3.05) is 26.3 Å². The van der Waals surface area contributed by atoms with Crippen LogP contribution in [0.15, 0.2) is 12.1 Å². The Morgan fingerprint density at radius 2 is 1.63 bits per heavy atom. The minimum atomic E-state index is -1.17. The van der Waals surface area contributed by atoms with Gasteiger partial charge in [0.25, 0.3) is 0 Å². The first-order valence-corrected chi connectivity index (χ1v) is 9.74. The second kappa shape index (κ2) is 9.06. The van der Waals surface area contributed by atoms with Crippen molar-refractivity contribution in [3.8, 4) is 0 Å². The van der Waals surface area contributed by atoms with Crippen LogP contribution in [0.3, 0.4) is 0 Å². The van der Waals surface area contributed by atoms with Crippen LogP contribution in [0.2, 0.25) is 0 Å². The molecule has 2 saturated heterocycles. The van der Waals surface area contributed by atoms with Gasteiger partial charge in [-0.05, 0) is 31.7 Å². The number of carbonyl (C=O) groups excluding carboxylic acids is 1. The fourth-order valence-corrected chi connectivity index (χ4v) is 4.13. The monoisotopic (exact) mass is 384 g/mol. The summed E-state index contributed by atoms with van der Waals surface area (Å²) in [4.78, 5) is 16.6. The smallest absolute Gasteiger partial charge is 0.222 e. The van der Waals surface area contributed by atoms with Gasteiger partial charge in [0.2, 0.25) is 5.91 Å². The average molecular weight is 384 g/mol. The molecule has 0 unspecified atom stereocenters. The van der Waals surface area contributed by atoms with Crippen molar-refractivity contribution in [1.29, 1.82) is 0 Å². The maximum Gasteiger partial charge on any atom is 0.222 e. The zero-order valence-corrected chi connectivity index (χ0v) is 15.7. The molecule has 2 aliphatic heterocycles. The molecular weight excluding hydrogens is 357 g/mol. The Hall–Kier alpha value is -1.60. The highest BCUT2D eigenvalue weighted by Crippen LogP contribution is 2.26. The first-order chi connectivity index (χ1) is 13.0. The van der Waals surface area contributed by atoms with Crippen molar-refractivity contribution in [1.82, 2.24) is 9.80 Å². The van der Waals surface area contributed by atoms with E-state index < -0.39 is 17.5 Å². The molecule has 0 saturated carbocycles. The number of hydrogen-bond donors (Lipinski definition) is 0. The van der Waals surface area contributed by atoms with E-state index in [4.69, 9.17) is 4.74 Å². The quantitative estimate of drug-likeness (QED) is 0.729. The van der Waals surface area contributed by atoms with Crippen LogP contribution in [0.1, 0.15) is 44.6 Å². The van der Waals surface area contributed by atoms with Crippen LogP contribution < -0.4 is 0 Å². The second-order valence-electron chi connectivity index (χ2n) is 7.36. The lowest BCUT2D eigenvalue weighted by Crippen LogP contribution is -2.52. The molecule has 4 nitrogen and oxygen atoms in total. The Labute approximate surface area is 158 Å². The predicted molar refractivity (Wildman–Crippen MR) is 95.6 cm³/mol. The van der Waals surface area contributed by atoms with E-state index in [2.05, 4.69) is 4.90 Å². The molecule has 2 aliphatic rings. The van der Waals surface area contributed by atoms with Crippen LogP contribution >= 0.6 is 0 Å². The lowest BCUT2D eigenvalue weighted by Gasteiger charge is -2.43. The summed E-state index contributed by atoms with van der Waals surface area (Å²) in [6.45, 7) is 4.89. The summed E-state index contributed by atoms with van der Waals surface area (Å²) in [5, 5.41) is 0. The molecule has 0 bridgehead atoms. The number of hydrogen-bond acceptors (Lipinski definition) is 3. The fraction of sp³-hybridized carbons (Fsp3) is 0.650. The van der Waals surface area contributed by atoms with Crippen molar-refractivity contribution >= 4 is 5.91 Å². The van der Waals surface area contributed by atoms with Gasteiger partial charge in [0.15, 0.2) is 11.6 Å². The van der Waals surface area contributed by atoms with Crippen molar-refractivity contribution in [2.24, 2.45) is 0 Å². The Bertz CT molecular complexity index is 657. The van der Waals surface area contributed by atoms with E-state index in [0.717, 1.165) is 31.7 Å². The second-order valence-corrected chi connectivity index (χ2v) is 7.36. The normalized spacial score (nSPS) is 20.0. The van der Waals surface area contributed by atoms with Crippen molar-refractivity contribution in [3.05, 3.63) is 35.1 Å². The first-order valence-electron chi connectivity index (χ1n) is 9.74. The third kappa shape index (κ3) is 4.82. The van der Waals surface area contributed by atoms with Gasteiger partial charge in [-0.15, -0.1) is 0 Å². The maximum atomic E-state index is 13.9. The molecular formula is C20H27F3N2O2. The van der Waals surface area contributed by atoms with E-state index in [9.17, 15) is 18.0 Å². The minimum absolute atomic E-state index is 0.165. The van der Waals surface area contributed by atoms with Gasteiger partial charge in [-0.3, -0.25) is 9.69 Å². The summed E-state index contributed by atoms with van der Waals surface area (Å²) in [5.41, 5.74) is 0.165. The van der Waals surface area contributed by atoms with Gasteiger partial charge in [-0.1, -0.05) is 6.92 Å². The molecule has 2 heterocycles. The highest BCUT2D eigenvalue weighted by molar-refractivity contribution is 5.76. The van der Waals surface area contributed by atoms with Gasteiger partial charge in [0.1, 0.15) is 5.82 Å². The van der Waals surface area contributed by atoms with Gasteiger partial charge in [-0.25, -0.2) is 13.2 Å². The van der Waals surface area contributed by atoms with Crippen LogP contribution in [-0.2, 0) is 16.1 Å². The van der Waals surface area contributed by atoms with Crippen LogP contribution in [0.4, 0.5) is 13.2 Å². The number of amides is 1. The highest BCUT2D eigenvalue weighted by Gasteiger charge is 2.33. The Morgan fingerprint density at radius 1 is 1.04 bits per heavy atom. The molecule has 0 spiro atoms. The molecule has 1 aromatic carbocycles. The molecule has 0 aliphatic carbocycles. The standard InChI is InChI=1S/C20H27F3N2O2/c1-2-20(26)25(16-5-9-27-10-6-16)15-3-7-24(8-4-15)13-14-11-18(22)19(23)12-17(14)21/h11-12,15-16H,2-10,13H2,1H3. The SMILES string of the molecule is CCC(=O)N(C1CCOCC1)C1CCN(Cc2cc(F)c(F)cc2F)CC1. The number of benzene rings is 1. The van der Waals surface area contributed by atoms with Crippen LogP contribution in [0.25, 0.3) is 0 Å². The van der Waals surface area contributed by atoms with E-state index >= 15 is 0 Å². The van der Waals surface area contributed by atoms with Crippen molar-refractivity contribution in [2.45, 2.75) is 57.7 Å². The number of nitrogens with zero attached hydrogens (tertiary/aromatic N) is 2. The number of carbonyl (C=O) groups is 1. The topological polar surface area (TPSA) is 32.8 Å². The molecule has 1 aromatic rings. The van der Waals surface area contributed by atoms with Gasteiger partial charge in [0, 0.05) is 63.0 Å². The minimum Gasteiger partial charge on any atom is -0.381 e. The third-order valence-electron chi connectivity index (χ3n) is 5.61. The summed E-state index contributed by atoms with van der Waals surface area (Å²) >= 11 is 0. The predicted octanol–water partition coefficient (Wildman–Crippen LogP) is 3.49. The molecule has 0 radical (unpaired) electrons. The number of halogens is 3. The van der Waals surface area contributed by atoms with E-state index in [1.807, 2.05) is 11.8 Å². The Balaban J connectivity index is 1.61. The molecule has 27 heavy (non-hydrogen) atoms. The van der Waals surface area contributed by atoms with Crippen LogP contribution in [0, 0.1) is 17.5 Å². The molecule has 150 valence electrons. The molecule has 1 amide bonds. The molecule has 2 fully saturated rings. The molecule has 0 aromatic heterocycles. The largest absolute Gasteiger partial charge is 0.381 e. The number of likely N-dealkylation sites (tertiary alicyclic amines) is 1. The summed E-state index contributed by atoms with van der Waals surface area (Å²) in [6, 6.07) is 1.94. The lowest BCUT2D eigenvalue weighted by molar-refractivity contribution is -0.139. The van der Waals surface area contributed by atoms with E-state index in [1.165, 1.54) is 0 Å². The van der Waals surface area contributed by atoms with Crippen molar-refractivity contribution < 1.29 is 22.7 Å². The van der Waals surface area contributed by atoms with Crippen LogP contribution in [0.5, 0.6) is 0 Å². The Kier molecular flexibility index (Phi) is 6.76. The zero-order chi connectivity index (χ0) is 19.4. The van der Waals surface area contributed by atoms with Crippen LogP contribution in [-0.4, -0.2) is 54.1 Å². The zero-order valence-electron chi connectivity index (χ0n) is 15.7. The Morgan fingerprint density at radius 3 is 2.26 bits per heavy atom. The van der Waals surface area contributed by atoms with Gasteiger partial charge < -0.3 is 9.64 Å². The third-order valence-corrected chi connectivity index (χ3v) is 5.61. The summed E-state index contributed by atoms with van der Waals surface area (Å²) < 4.78 is 45.8. The van der Waals surface area contributed by atoms with Gasteiger partial charge in [-0.2, -0.15) is 0 Å². The van der Waals surface area contributed by atoms with E-state index in [-0.39, 0.29) is 30.1 Å². The number of piperidine rings is 1. The number of ether oxygens (including phenoxy) is 1. The van der Waals surface area contributed by atoms with E-state index in [0.29, 0.717) is 38.8 Å². The maximum absolute atomic E-state index is 13.9.